The molecular weight excluding hydrogens is 303 g/mol. The Bertz CT molecular complexity index is 561. The summed E-state index contributed by atoms with van der Waals surface area (Å²) in [6, 6.07) is 5.07. The highest BCUT2D eigenvalue weighted by Crippen LogP contribution is 2.28. The molecule has 0 aliphatic carbocycles. The van der Waals surface area contributed by atoms with Crippen LogP contribution in [0, 0.1) is 0 Å². The number of carbonyl (C=O) groups excluding carboxylic acids is 1. The van der Waals surface area contributed by atoms with Crippen LogP contribution < -0.4 is 11.1 Å². The number of hydrogen-bond donors (Lipinski definition) is 2. The maximum absolute atomic E-state index is 11.9. The second-order valence-corrected chi connectivity index (χ2v) is 5.59. The zero-order chi connectivity index (χ0) is 13.8. The Kier molecular flexibility index (Phi) is 4.69. The molecule has 3 nitrogen and oxygen atoms in total. The van der Waals surface area contributed by atoms with Crippen LogP contribution in [0.15, 0.2) is 29.0 Å². The van der Waals surface area contributed by atoms with E-state index in [9.17, 15) is 4.79 Å². The van der Waals surface area contributed by atoms with E-state index in [-0.39, 0.29) is 21.6 Å². The number of nitrogens with two attached hydrogens (primary N) is 1. The van der Waals surface area contributed by atoms with Crippen molar-refractivity contribution >= 4 is 46.1 Å². The van der Waals surface area contributed by atoms with Gasteiger partial charge >= 0.3 is 0 Å². The molecule has 0 radical (unpaired) electrons. The zero-order valence-corrected chi connectivity index (χ0v) is 12.3. The van der Waals surface area contributed by atoms with Gasteiger partial charge in [0.15, 0.2) is 0 Å². The van der Waals surface area contributed by atoms with E-state index in [1.165, 1.54) is 17.7 Å². The van der Waals surface area contributed by atoms with Crippen molar-refractivity contribution in [1.82, 2.24) is 5.32 Å². The summed E-state index contributed by atoms with van der Waals surface area (Å²) in [5.41, 5.74) is 7.53. The Morgan fingerprint density at radius 1 is 1.32 bits per heavy atom. The Balaban J connectivity index is 1.96. The number of amides is 1. The summed E-state index contributed by atoms with van der Waals surface area (Å²) in [5, 5.41) is 7.46. The van der Waals surface area contributed by atoms with Crippen molar-refractivity contribution in [3.63, 3.8) is 0 Å². The molecule has 6 heteroatoms. The molecule has 1 aromatic heterocycles. The van der Waals surface area contributed by atoms with Gasteiger partial charge in [0.05, 0.1) is 15.7 Å². The molecule has 0 atom stereocenters. The van der Waals surface area contributed by atoms with Crippen molar-refractivity contribution in [3.05, 3.63) is 50.1 Å². The van der Waals surface area contributed by atoms with Crippen LogP contribution in [0.3, 0.4) is 0 Å². The van der Waals surface area contributed by atoms with Gasteiger partial charge in [-0.1, -0.05) is 23.2 Å². The van der Waals surface area contributed by atoms with Gasteiger partial charge in [0, 0.05) is 12.1 Å². The average Bonchev–Trinajstić information content (AvgIpc) is 2.88. The predicted octanol–water partition coefficient (Wildman–Crippen LogP) is 3.61. The average molecular weight is 315 g/mol. The third-order valence-electron chi connectivity index (χ3n) is 2.62. The number of anilines is 1. The Morgan fingerprint density at radius 3 is 2.58 bits per heavy atom. The van der Waals surface area contributed by atoms with Crippen LogP contribution in [0.5, 0.6) is 0 Å². The van der Waals surface area contributed by atoms with E-state index in [0.29, 0.717) is 12.1 Å². The van der Waals surface area contributed by atoms with E-state index >= 15 is 0 Å². The zero-order valence-electron chi connectivity index (χ0n) is 9.95. The van der Waals surface area contributed by atoms with Crippen molar-refractivity contribution in [2.75, 3.05) is 12.3 Å². The van der Waals surface area contributed by atoms with Crippen molar-refractivity contribution in [2.45, 2.75) is 6.42 Å². The van der Waals surface area contributed by atoms with Gasteiger partial charge in [-0.05, 0) is 40.9 Å². The standard InChI is InChI=1S/C13H12Cl2N2OS/c14-10-5-9(6-11(15)12(10)16)13(18)17-3-1-8-2-4-19-7-8/h2,4-7H,1,3,16H2,(H,17,18). The number of rotatable bonds is 4. The van der Waals surface area contributed by atoms with E-state index < -0.39 is 0 Å². The van der Waals surface area contributed by atoms with Crippen molar-refractivity contribution in [2.24, 2.45) is 0 Å². The minimum Gasteiger partial charge on any atom is -0.396 e. The summed E-state index contributed by atoms with van der Waals surface area (Å²) in [7, 11) is 0. The third-order valence-corrected chi connectivity index (χ3v) is 3.98. The van der Waals surface area contributed by atoms with Gasteiger partial charge < -0.3 is 11.1 Å². The summed E-state index contributed by atoms with van der Waals surface area (Å²) in [5.74, 6) is -0.209. The lowest BCUT2D eigenvalue weighted by molar-refractivity contribution is 0.0954. The number of carbonyl (C=O) groups is 1. The molecule has 2 aromatic rings. The third kappa shape index (κ3) is 3.62. The molecule has 1 heterocycles. The maximum atomic E-state index is 11.9. The molecular formula is C13H12Cl2N2OS. The Morgan fingerprint density at radius 2 is 2.00 bits per heavy atom. The van der Waals surface area contributed by atoms with Crippen LogP contribution in [0.1, 0.15) is 15.9 Å². The molecule has 0 fully saturated rings. The van der Waals surface area contributed by atoms with Gasteiger partial charge in [0.2, 0.25) is 0 Å². The Labute approximate surface area is 125 Å². The number of halogens is 2. The molecule has 0 saturated carbocycles. The summed E-state index contributed by atoms with van der Waals surface area (Å²) >= 11 is 13.4. The van der Waals surface area contributed by atoms with Gasteiger partial charge in [-0.2, -0.15) is 11.3 Å². The molecule has 0 bridgehead atoms. The number of hydrogen-bond acceptors (Lipinski definition) is 3. The van der Waals surface area contributed by atoms with Gasteiger partial charge in [0.1, 0.15) is 0 Å². The van der Waals surface area contributed by atoms with Gasteiger partial charge in [-0.15, -0.1) is 0 Å². The molecule has 19 heavy (non-hydrogen) atoms. The fraction of sp³-hybridized carbons (Fsp3) is 0.154. The molecule has 3 N–H and O–H groups in total. The summed E-state index contributed by atoms with van der Waals surface area (Å²) in [6.07, 6.45) is 0.797. The van der Waals surface area contributed by atoms with Crippen LogP contribution in [0.2, 0.25) is 10.0 Å². The first-order chi connectivity index (χ1) is 9.08. The van der Waals surface area contributed by atoms with E-state index in [0.717, 1.165) is 6.42 Å². The minimum absolute atomic E-state index is 0.209. The largest absolute Gasteiger partial charge is 0.396 e. The number of benzene rings is 1. The summed E-state index contributed by atoms with van der Waals surface area (Å²) in [4.78, 5) is 11.9. The highest BCUT2D eigenvalue weighted by molar-refractivity contribution is 7.07. The second kappa shape index (κ2) is 6.28. The van der Waals surface area contributed by atoms with Crippen molar-refractivity contribution in [3.8, 4) is 0 Å². The molecule has 0 unspecified atom stereocenters. The molecule has 0 saturated heterocycles. The SMILES string of the molecule is Nc1c(Cl)cc(C(=O)NCCc2ccsc2)cc1Cl. The molecule has 2 rings (SSSR count). The lowest BCUT2D eigenvalue weighted by Crippen LogP contribution is -2.25. The first kappa shape index (κ1) is 14.2. The Hall–Kier alpha value is -1.23. The van der Waals surface area contributed by atoms with Crippen LogP contribution >= 0.6 is 34.5 Å². The number of nitrogens with one attached hydrogen (secondary N) is 1. The van der Waals surface area contributed by atoms with Gasteiger partial charge in [-0.3, -0.25) is 4.79 Å². The topological polar surface area (TPSA) is 55.1 Å². The first-order valence-electron chi connectivity index (χ1n) is 5.61. The van der Waals surface area contributed by atoms with E-state index in [2.05, 4.69) is 10.7 Å². The molecule has 1 aromatic carbocycles. The lowest BCUT2D eigenvalue weighted by Gasteiger charge is -2.07. The van der Waals surface area contributed by atoms with Crippen LogP contribution in [0.4, 0.5) is 5.69 Å². The molecule has 1 amide bonds. The van der Waals surface area contributed by atoms with Gasteiger partial charge in [0.25, 0.3) is 5.91 Å². The quantitative estimate of drug-likeness (QED) is 0.847. The fourth-order valence-corrected chi connectivity index (χ4v) is 2.76. The maximum Gasteiger partial charge on any atom is 0.251 e. The van der Waals surface area contributed by atoms with Crippen molar-refractivity contribution in [1.29, 1.82) is 0 Å². The van der Waals surface area contributed by atoms with Gasteiger partial charge in [-0.25, -0.2) is 0 Å². The summed E-state index contributed by atoms with van der Waals surface area (Å²) < 4.78 is 0. The number of nitrogen functional groups attached to an aromatic ring is 1. The molecule has 0 spiro atoms. The summed E-state index contributed by atoms with van der Waals surface area (Å²) in [6.45, 7) is 0.565. The highest BCUT2D eigenvalue weighted by atomic mass is 35.5. The van der Waals surface area contributed by atoms with Crippen LogP contribution in [-0.4, -0.2) is 12.5 Å². The van der Waals surface area contributed by atoms with E-state index in [4.69, 9.17) is 28.9 Å². The first-order valence-corrected chi connectivity index (χ1v) is 7.31. The van der Waals surface area contributed by atoms with E-state index in [1.54, 1.807) is 11.3 Å². The molecule has 0 aliphatic heterocycles. The van der Waals surface area contributed by atoms with Crippen LogP contribution in [-0.2, 0) is 6.42 Å². The minimum atomic E-state index is -0.209. The smallest absolute Gasteiger partial charge is 0.251 e. The lowest BCUT2D eigenvalue weighted by atomic mass is 10.2. The van der Waals surface area contributed by atoms with E-state index in [1.807, 2.05) is 11.4 Å². The highest BCUT2D eigenvalue weighted by Gasteiger charge is 2.10. The second-order valence-electron chi connectivity index (χ2n) is 3.99. The normalized spacial score (nSPS) is 10.4. The molecule has 0 aliphatic rings. The monoisotopic (exact) mass is 314 g/mol. The number of thiophene rings is 1. The fourth-order valence-electron chi connectivity index (χ4n) is 1.57. The molecule has 100 valence electrons. The van der Waals surface area contributed by atoms with Crippen molar-refractivity contribution < 1.29 is 4.79 Å². The predicted molar refractivity (Wildman–Crippen MR) is 81.2 cm³/mol. The van der Waals surface area contributed by atoms with Crippen LogP contribution in [0.25, 0.3) is 0 Å².